The largest absolute Gasteiger partial charge is 0.495 e. The van der Waals surface area contributed by atoms with Gasteiger partial charge in [0, 0.05) is 35.4 Å². The molecule has 1 aromatic heterocycles. The Morgan fingerprint density at radius 1 is 1.12 bits per heavy atom. The van der Waals surface area contributed by atoms with E-state index >= 15 is 0 Å². The summed E-state index contributed by atoms with van der Waals surface area (Å²) in [7, 11) is 3.43. The monoisotopic (exact) mass is 510 g/mol. The smallest absolute Gasteiger partial charge is 0.174 e. The molecule has 172 valence electrons. The summed E-state index contributed by atoms with van der Waals surface area (Å²) in [6.07, 6.45) is 3.25. The Labute approximate surface area is 201 Å². The van der Waals surface area contributed by atoms with Crippen molar-refractivity contribution in [2.75, 3.05) is 27.3 Å². The highest BCUT2D eigenvalue weighted by Crippen LogP contribution is 2.71. The summed E-state index contributed by atoms with van der Waals surface area (Å²) in [5.41, 5.74) is -0.266. The van der Waals surface area contributed by atoms with Gasteiger partial charge in [0.1, 0.15) is 17.1 Å². The van der Waals surface area contributed by atoms with E-state index in [0.717, 1.165) is 15.6 Å². The van der Waals surface area contributed by atoms with E-state index in [2.05, 4.69) is 26.2 Å². The van der Waals surface area contributed by atoms with Crippen LogP contribution in [0.5, 0.6) is 11.5 Å². The van der Waals surface area contributed by atoms with E-state index in [0.29, 0.717) is 23.6 Å². The summed E-state index contributed by atoms with van der Waals surface area (Å²) in [5.74, 6) is 0.00226. The average molecular weight is 511 g/mol. The third-order valence-corrected chi connectivity index (χ3v) is 7.83. The van der Waals surface area contributed by atoms with E-state index in [4.69, 9.17) is 9.47 Å². The van der Waals surface area contributed by atoms with E-state index in [1.54, 1.807) is 19.5 Å². The zero-order valence-corrected chi connectivity index (χ0v) is 20.1. The molecule has 5 atom stereocenters. The number of ether oxygens (including phenoxy) is 2. The van der Waals surface area contributed by atoms with Crippen molar-refractivity contribution >= 4 is 15.9 Å². The van der Waals surface area contributed by atoms with Gasteiger partial charge in [-0.15, -0.1) is 0 Å². The number of halogens is 1. The van der Waals surface area contributed by atoms with E-state index < -0.39 is 11.2 Å². The van der Waals surface area contributed by atoms with Gasteiger partial charge in [-0.25, -0.2) is 0 Å². The van der Waals surface area contributed by atoms with Crippen LogP contribution >= 0.6 is 15.9 Å². The molecule has 3 N–H and O–H groups in total. The minimum atomic E-state index is -1.48. The first-order valence-corrected chi connectivity index (χ1v) is 11.8. The van der Waals surface area contributed by atoms with Crippen LogP contribution in [0.25, 0.3) is 0 Å². The number of fused-ring (bicyclic) bond motifs is 3. The van der Waals surface area contributed by atoms with Crippen LogP contribution < -0.4 is 14.8 Å². The maximum atomic E-state index is 12.9. The van der Waals surface area contributed by atoms with Gasteiger partial charge in [-0.1, -0.05) is 58.4 Å². The first-order valence-electron chi connectivity index (χ1n) is 11.0. The summed E-state index contributed by atoms with van der Waals surface area (Å²) in [6, 6.07) is 17.9. The number of benzene rings is 2. The standard InChI is InChI=1S/C26H27BrN2O4/c1-28-12-20-19(15-30)23(16-6-4-3-5-7-16)26(17-8-10-18(27)11-9-17)25(20,31)24-21(32-2)13-29-14-22(24)33-26/h3-11,13-14,19-20,23,28,30-31H,12,15H2,1-2H3/t19-,20-,23+,25+,26-/m0/s1. The minimum Gasteiger partial charge on any atom is -0.495 e. The molecule has 0 amide bonds. The Balaban J connectivity index is 1.88. The molecule has 0 radical (unpaired) electrons. The summed E-state index contributed by atoms with van der Waals surface area (Å²) in [6.45, 7) is 0.385. The fourth-order valence-corrected chi connectivity index (χ4v) is 6.39. The molecule has 2 heterocycles. The van der Waals surface area contributed by atoms with Crippen LogP contribution in [-0.4, -0.2) is 42.5 Å². The Bertz CT molecular complexity index is 1140. The van der Waals surface area contributed by atoms with Crippen LogP contribution in [0.4, 0.5) is 0 Å². The second-order valence-electron chi connectivity index (χ2n) is 8.72. The van der Waals surface area contributed by atoms with Crippen molar-refractivity contribution in [2.45, 2.75) is 17.1 Å². The number of hydrogen-bond donors (Lipinski definition) is 3. The molecule has 1 fully saturated rings. The van der Waals surface area contributed by atoms with Crippen LogP contribution in [0.1, 0.15) is 22.6 Å². The molecule has 2 aromatic carbocycles. The normalized spacial score (nSPS) is 29.9. The van der Waals surface area contributed by atoms with Gasteiger partial charge >= 0.3 is 0 Å². The molecule has 33 heavy (non-hydrogen) atoms. The fraction of sp³-hybridized carbons (Fsp3) is 0.346. The number of hydrogen-bond acceptors (Lipinski definition) is 6. The zero-order chi connectivity index (χ0) is 23.2. The first-order chi connectivity index (χ1) is 16.0. The molecule has 1 aliphatic carbocycles. The van der Waals surface area contributed by atoms with Gasteiger partial charge in [0.2, 0.25) is 0 Å². The molecular formula is C26H27BrN2O4. The fourth-order valence-electron chi connectivity index (χ4n) is 6.12. The number of aromatic nitrogens is 1. The molecule has 3 aromatic rings. The lowest BCUT2D eigenvalue weighted by molar-refractivity contribution is -0.128. The third kappa shape index (κ3) is 2.99. The number of pyridine rings is 1. The highest BCUT2D eigenvalue weighted by atomic mass is 79.9. The Kier molecular flexibility index (Phi) is 5.69. The number of nitrogens with one attached hydrogen (secondary N) is 1. The molecule has 0 bridgehead atoms. The zero-order valence-electron chi connectivity index (χ0n) is 18.5. The van der Waals surface area contributed by atoms with E-state index in [1.807, 2.05) is 61.6 Å². The molecule has 5 rings (SSSR count). The van der Waals surface area contributed by atoms with E-state index in [-0.39, 0.29) is 24.4 Å². The lowest BCUT2D eigenvalue weighted by Crippen LogP contribution is -2.51. The van der Waals surface area contributed by atoms with Gasteiger partial charge in [0.15, 0.2) is 5.60 Å². The quantitative estimate of drug-likeness (QED) is 0.470. The van der Waals surface area contributed by atoms with E-state index in [1.165, 1.54) is 0 Å². The van der Waals surface area contributed by atoms with Gasteiger partial charge in [0.05, 0.1) is 25.1 Å². The van der Waals surface area contributed by atoms with Crippen molar-refractivity contribution in [2.24, 2.45) is 11.8 Å². The van der Waals surface area contributed by atoms with Crippen molar-refractivity contribution in [3.05, 3.63) is 88.2 Å². The highest BCUT2D eigenvalue weighted by Gasteiger charge is 2.76. The SMILES string of the molecule is CNC[C@H]1[C@H](CO)[C@@H](c2ccccc2)[C@]2(c3ccc(Br)cc3)Oc3cncc(OC)c3[C@]12O. The number of nitrogens with zero attached hydrogens (tertiary/aromatic N) is 1. The second kappa shape index (κ2) is 8.40. The molecule has 0 unspecified atom stereocenters. The number of aliphatic hydroxyl groups excluding tert-OH is 1. The molecule has 1 aliphatic heterocycles. The maximum absolute atomic E-state index is 12.9. The molecule has 1 saturated carbocycles. The highest BCUT2D eigenvalue weighted by molar-refractivity contribution is 9.10. The summed E-state index contributed by atoms with van der Waals surface area (Å²) >= 11 is 3.53. The van der Waals surface area contributed by atoms with Gasteiger partial charge in [-0.05, 0) is 30.3 Å². The molecule has 7 heteroatoms. The predicted octanol–water partition coefficient (Wildman–Crippen LogP) is 3.57. The Morgan fingerprint density at radius 2 is 1.85 bits per heavy atom. The average Bonchev–Trinajstić information content (AvgIpc) is 3.23. The molecule has 6 nitrogen and oxygen atoms in total. The van der Waals surface area contributed by atoms with Crippen LogP contribution in [0, 0.1) is 11.8 Å². The van der Waals surface area contributed by atoms with Gasteiger partial charge < -0.3 is 25.0 Å². The Morgan fingerprint density at radius 3 is 2.48 bits per heavy atom. The lowest BCUT2D eigenvalue weighted by atomic mass is 9.70. The summed E-state index contributed by atoms with van der Waals surface area (Å²) in [5, 5.41) is 26.8. The van der Waals surface area contributed by atoms with Crippen LogP contribution in [0.2, 0.25) is 0 Å². The number of aliphatic hydroxyl groups is 2. The van der Waals surface area contributed by atoms with Gasteiger partial charge in [-0.2, -0.15) is 0 Å². The molecule has 2 aliphatic rings. The number of rotatable bonds is 6. The van der Waals surface area contributed by atoms with Crippen LogP contribution in [-0.2, 0) is 11.2 Å². The number of methoxy groups -OCH3 is 1. The summed E-state index contributed by atoms with van der Waals surface area (Å²) < 4.78 is 13.4. The lowest BCUT2D eigenvalue weighted by Gasteiger charge is -2.42. The predicted molar refractivity (Wildman–Crippen MR) is 128 cm³/mol. The van der Waals surface area contributed by atoms with Crippen molar-refractivity contribution in [3.8, 4) is 11.5 Å². The Hall–Kier alpha value is -2.45. The van der Waals surface area contributed by atoms with Crippen molar-refractivity contribution < 1.29 is 19.7 Å². The topological polar surface area (TPSA) is 83.8 Å². The maximum Gasteiger partial charge on any atom is 0.174 e. The minimum absolute atomic E-state index is 0.0986. The third-order valence-electron chi connectivity index (χ3n) is 7.30. The molecule has 0 spiro atoms. The van der Waals surface area contributed by atoms with Gasteiger partial charge in [0.25, 0.3) is 0 Å². The summed E-state index contributed by atoms with van der Waals surface area (Å²) in [4.78, 5) is 4.30. The second-order valence-corrected chi connectivity index (χ2v) is 9.64. The molecule has 0 saturated heterocycles. The van der Waals surface area contributed by atoms with Crippen molar-refractivity contribution in [3.63, 3.8) is 0 Å². The molecular weight excluding hydrogens is 484 g/mol. The van der Waals surface area contributed by atoms with Crippen LogP contribution in [0.3, 0.4) is 0 Å². The van der Waals surface area contributed by atoms with E-state index in [9.17, 15) is 10.2 Å². The van der Waals surface area contributed by atoms with Gasteiger partial charge in [-0.3, -0.25) is 4.98 Å². The van der Waals surface area contributed by atoms with Crippen molar-refractivity contribution in [1.29, 1.82) is 0 Å². The van der Waals surface area contributed by atoms with Crippen molar-refractivity contribution in [1.82, 2.24) is 10.3 Å². The van der Waals surface area contributed by atoms with Crippen LogP contribution in [0.15, 0.2) is 71.5 Å². The first kappa shape index (κ1) is 22.3.